The highest BCUT2D eigenvalue weighted by Crippen LogP contribution is 2.22. The lowest BCUT2D eigenvalue weighted by atomic mass is 9.86. The first-order valence-electron chi connectivity index (χ1n) is 8.74. The molecular formula is C20H20N6O. The summed E-state index contributed by atoms with van der Waals surface area (Å²) in [5.41, 5.74) is 3.27. The highest BCUT2D eigenvalue weighted by molar-refractivity contribution is 5.97. The lowest BCUT2D eigenvalue weighted by molar-refractivity contribution is 0.0992. The number of aromatic nitrogens is 6. The van der Waals surface area contributed by atoms with Gasteiger partial charge < -0.3 is 0 Å². The van der Waals surface area contributed by atoms with E-state index < -0.39 is 0 Å². The molecule has 0 aliphatic carbocycles. The molecule has 0 bridgehead atoms. The van der Waals surface area contributed by atoms with Crippen molar-refractivity contribution in [2.45, 2.75) is 32.6 Å². The number of hydrogen-bond acceptors (Lipinski definition) is 5. The van der Waals surface area contributed by atoms with Crippen LogP contribution in [0.4, 0.5) is 0 Å². The molecule has 4 aromatic rings. The third kappa shape index (κ3) is 3.36. The van der Waals surface area contributed by atoms with Crippen LogP contribution in [0.1, 0.15) is 42.4 Å². The standard InChI is InChI=1S/C20H20N6O/c1-20(2,3)15-6-4-14(5-7-15)17(27)10-16-11-19(25-13-21-12-23-25)26-18(24-16)8-9-22-26/h4-9,11-13H,10H2,1-3H3. The Morgan fingerprint density at radius 2 is 1.85 bits per heavy atom. The predicted octanol–water partition coefficient (Wildman–Crippen LogP) is 3.03. The first-order valence-corrected chi connectivity index (χ1v) is 8.74. The van der Waals surface area contributed by atoms with Gasteiger partial charge in [0.1, 0.15) is 12.7 Å². The van der Waals surface area contributed by atoms with Crippen LogP contribution in [0, 0.1) is 0 Å². The van der Waals surface area contributed by atoms with E-state index >= 15 is 0 Å². The number of ketones is 1. The van der Waals surface area contributed by atoms with E-state index in [-0.39, 0.29) is 17.6 Å². The van der Waals surface area contributed by atoms with E-state index in [1.807, 2.05) is 30.3 Å². The predicted molar refractivity (Wildman–Crippen MR) is 101 cm³/mol. The second kappa shape index (κ2) is 6.42. The number of benzene rings is 1. The van der Waals surface area contributed by atoms with Crippen molar-refractivity contribution in [1.29, 1.82) is 0 Å². The first-order chi connectivity index (χ1) is 12.9. The zero-order valence-corrected chi connectivity index (χ0v) is 15.5. The van der Waals surface area contributed by atoms with Crippen LogP contribution in [0.15, 0.2) is 55.2 Å². The quantitative estimate of drug-likeness (QED) is 0.523. The maximum atomic E-state index is 12.8. The van der Waals surface area contributed by atoms with Crippen molar-refractivity contribution < 1.29 is 4.79 Å². The molecule has 0 saturated heterocycles. The number of carbonyl (C=O) groups excluding carboxylic acids is 1. The maximum absolute atomic E-state index is 12.8. The van der Waals surface area contributed by atoms with E-state index in [1.54, 1.807) is 27.8 Å². The summed E-state index contributed by atoms with van der Waals surface area (Å²) in [7, 11) is 0. The largest absolute Gasteiger partial charge is 0.294 e. The maximum Gasteiger partial charge on any atom is 0.168 e. The van der Waals surface area contributed by atoms with Crippen LogP contribution < -0.4 is 0 Å². The van der Waals surface area contributed by atoms with E-state index in [1.165, 1.54) is 11.9 Å². The van der Waals surface area contributed by atoms with Gasteiger partial charge in [0.05, 0.1) is 18.3 Å². The molecule has 3 heterocycles. The van der Waals surface area contributed by atoms with Gasteiger partial charge in [-0.25, -0.2) is 14.6 Å². The normalized spacial score (nSPS) is 11.8. The highest BCUT2D eigenvalue weighted by atomic mass is 16.1. The Labute approximate surface area is 156 Å². The van der Waals surface area contributed by atoms with E-state index in [0.29, 0.717) is 22.7 Å². The topological polar surface area (TPSA) is 78.0 Å². The number of fused-ring (bicyclic) bond motifs is 1. The Bertz CT molecular complexity index is 1090. The summed E-state index contributed by atoms with van der Waals surface area (Å²) < 4.78 is 3.27. The molecule has 0 fully saturated rings. The molecule has 0 atom stereocenters. The van der Waals surface area contributed by atoms with Gasteiger partial charge in [-0.1, -0.05) is 45.0 Å². The van der Waals surface area contributed by atoms with Gasteiger partial charge in [-0.05, 0) is 11.0 Å². The summed E-state index contributed by atoms with van der Waals surface area (Å²) in [4.78, 5) is 21.3. The fraction of sp³-hybridized carbons (Fsp3) is 0.250. The number of nitrogens with zero attached hydrogens (tertiary/aromatic N) is 6. The van der Waals surface area contributed by atoms with Crippen molar-refractivity contribution in [3.05, 3.63) is 72.1 Å². The molecule has 0 saturated carbocycles. The molecular weight excluding hydrogens is 340 g/mol. The minimum Gasteiger partial charge on any atom is -0.294 e. The van der Waals surface area contributed by atoms with Gasteiger partial charge in [-0.3, -0.25) is 4.79 Å². The van der Waals surface area contributed by atoms with Crippen molar-refractivity contribution in [3.63, 3.8) is 0 Å². The summed E-state index contributed by atoms with van der Waals surface area (Å²) in [5.74, 6) is 0.713. The molecule has 1 aromatic carbocycles. The van der Waals surface area contributed by atoms with Gasteiger partial charge in [0.25, 0.3) is 0 Å². The highest BCUT2D eigenvalue weighted by Gasteiger charge is 2.16. The second-order valence-electron chi connectivity index (χ2n) is 7.47. The molecule has 0 unspecified atom stereocenters. The molecule has 0 N–H and O–H groups in total. The lowest BCUT2D eigenvalue weighted by Crippen LogP contribution is -2.12. The van der Waals surface area contributed by atoms with Gasteiger partial charge in [0, 0.05) is 17.7 Å². The van der Waals surface area contributed by atoms with E-state index in [0.717, 1.165) is 0 Å². The molecule has 27 heavy (non-hydrogen) atoms. The second-order valence-corrected chi connectivity index (χ2v) is 7.47. The molecule has 0 spiro atoms. The molecule has 3 aromatic heterocycles. The van der Waals surface area contributed by atoms with Gasteiger partial charge in [0.15, 0.2) is 17.2 Å². The van der Waals surface area contributed by atoms with Crippen LogP contribution in [0.25, 0.3) is 11.5 Å². The average Bonchev–Trinajstić information content (AvgIpc) is 3.32. The van der Waals surface area contributed by atoms with Crippen molar-refractivity contribution >= 4 is 11.4 Å². The van der Waals surface area contributed by atoms with Crippen molar-refractivity contribution in [1.82, 2.24) is 29.4 Å². The fourth-order valence-corrected chi connectivity index (χ4v) is 2.95. The Morgan fingerprint density at radius 1 is 1.07 bits per heavy atom. The minimum absolute atomic E-state index is 0.0244. The monoisotopic (exact) mass is 360 g/mol. The third-order valence-electron chi connectivity index (χ3n) is 4.46. The molecule has 0 aliphatic rings. The molecule has 0 aliphatic heterocycles. The molecule has 4 rings (SSSR count). The van der Waals surface area contributed by atoms with Crippen LogP contribution in [0.3, 0.4) is 0 Å². The zero-order valence-electron chi connectivity index (χ0n) is 15.5. The van der Waals surface area contributed by atoms with Crippen LogP contribution >= 0.6 is 0 Å². The number of rotatable bonds is 4. The van der Waals surface area contributed by atoms with Crippen molar-refractivity contribution in [2.24, 2.45) is 0 Å². The molecule has 136 valence electrons. The fourth-order valence-electron chi connectivity index (χ4n) is 2.95. The van der Waals surface area contributed by atoms with Crippen molar-refractivity contribution in [2.75, 3.05) is 0 Å². The van der Waals surface area contributed by atoms with E-state index in [2.05, 4.69) is 40.9 Å². The Morgan fingerprint density at radius 3 is 2.52 bits per heavy atom. The number of hydrogen-bond donors (Lipinski definition) is 0. The molecule has 0 amide bonds. The van der Waals surface area contributed by atoms with Gasteiger partial charge >= 0.3 is 0 Å². The van der Waals surface area contributed by atoms with Crippen LogP contribution in [-0.4, -0.2) is 35.1 Å². The summed E-state index contributed by atoms with van der Waals surface area (Å²) in [6.45, 7) is 6.46. The average molecular weight is 360 g/mol. The smallest absolute Gasteiger partial charge is 0.168 e. The first kappa shape index (κ1) is 17.1. The Balaban J connectivity index is 1.64. The Kier molecular flexibility index (Phi) is 4.07. The summed E-state index contributed by atoms with van der Waals surface area (Å²) in [5, 5.41) is 8.43. The SMILES string of the molecule is CC(C)(C)c1ccc(C(=O)Cc2cc(-n3cncn3)n3nccc3n2)cc1. The van der Waals surface area contributed by atoms with Crippen LogP contribution in [0.2, 0.25) is 0 Å². The van der Waals surface area contributed by atoms with Gasteiger partial charge in [-0.15, -0.1) is 0 Å². The minimum atomic E-state index is 0.0244. The third-order valence-corrected chi connectivity index (χ3v) is 4.46. The summed E-state index contributed by atoms with van der Waals surface area (Å²) >= 11 is 0. The molecule has 7 nitrogen and oxygen atoms in total. The lowest BCUT2D eigenvalue weighted by Gasteiger charge is -2.19. The summed E-state index contributed by atoms with van der Waals surface area (Å²) in [6.07, 6.45) is 4.92. The number of Topliss-reactive ketones (excluding diaryl/α,β-unsaturated/α-hetero) is 1. The van der Waals surface area contributed by atoms with Gasteiger partial charge in [0.2, 0.25) is 0 Å². The van der Waals surface area contributed by atoms with Crippen molar-refractivity contribution in [3.8, 4) is 5.82 Å². The van der Waals surface area contributed by atoms with E-state index in [4.69, 9.17) is 0 Å². The van der Waals surface area contributed by atoms with Gasteiger partial charge in [-0.2, -0.15) is 14.7 Å². The van der Waals surface area contributed by atoms with Crippen LogP contribution in [0.5, 0.6) is 0 Å². The zero-order chi connectivity index (χ0) is 19.0. The van der Waals surface area contributed by atoms with E-state index in [9.17, 15) is 4.79 Å². The van der Waals surface area contributed by atoms with Crippen LogP contribution in [-0.2, 0) is 11.8 Å². The molecule has 7 heteroatoms. The summed E-state index contributed by atoms with van der Waals surface area (Å²) in [6, 6.07) is 11.4. The number of carbonyl (C=O) groups is 1. The molecule has 0 radical (unpaired) electrons. The Hall–Kier alpha value is -3.35.